The lowest BCUT2D eigenvalue weighted by molar-refractivity contribution is -0.155. The molecule has 8 nitrogen and oxygen atoms in total. The van der Waals surface area contributed by atoms with Gasteiger partial charge < -0.3 is 24.5 Å². The van der Waals surface area contributed by atoms with Crippen LogP contribution in [0.2, 0.25) is 0 Å². The van der Waals surface area contributed by atoms with Crippen molar-refractivity contribution in [2.75, 3.05) is 42.6 Å². The number of esters is 1. The van der Waals surface area contributed by atoms with Crippen molar-refractivity contribution in [3.05, 3.63) is 49.6 Å². The second kappa shape index (κ2) is 14.5. The monoisotopic (exact) mass is 625 g/mol. The molecular weight excluding hydrogens is 574 g/mol. The molecule has 4 rings (SSSR count). The number of carbonyl (C=O) groups is 3. The topological polar surface area (TPSA) is 90.4 Å². The van der Waals surface area contributed by atoms with E-state index in [1.54, 1.807) is 33.7 Å². The molecule has 2 amide bonds. The highest BCUT2D eigenvalue weighted by atomic mass is 32.2. The molecule has 0 saturated carbocycles. The molecule has 1 spiro atoms. The first-order valence-corrected chi connectivity index (χ1v) is 17.2. The third kappa shape index (κ3) is 5.82. The Morgan fingerprint density at radius 3 is 2.39 bits per heavy atom. The fourth-order valence-electron chi connectivity index (χ4n) is 7.71. The van der Waals surface area contributed by atoms with Gasteiger partial charge in [-0.1, -0.05) is 39.3 Å². The smallest absolute Gasteiger partial charge is 0.310 e. The molecule has 9 heteroatoms. The Morgan fingerprint density at radius 2 is 1.82 bits per heavy atom. The maximum Gasteiger partial charge on any atom is 0.310 e. The number of ether oxygens (including phenoxy) is 1. The van der Waals surface area contributed by atoms with Crippen molar-refractivity contribution in [2.45, 2.75) is 82.4 Å². The molecule has 1 N–H and O–H groups in total. The molecule has 2 bridgehead atoms. The van der Waals surface area contributed by atoms with E-state index >= 15 is 0 Å². The standard InChI is InChI=1S/C35H51N3O5S/c1-8-13-14-20-43-34(42)29-28-21-24(7)35(44-28)30(29)32(40)38(27(22-39)23(6)10-3)31(35)33(41)37(19-9-2)26-17-15-25(16-18-26)36(11-4)12-5/h8-9,15-18,23-24,27-31,39H,1-2,10-14,19-22H2,3-7H3/t23-,24?,27-,28+,29-,30-,31?,35?/m0/s1. The number of unbranched alkanes of at least 4 members (excludes halogenated alkanes) is 1. The van der Waals surface area contributed by atoms with Crippen LogP contribution in [0.5, 0.6) is 0 Å². The van der Waals surface area contributed by atoms with Gasteiger partial charge in [0.15, 0.2) is 0 Å². The minimum atomic E-state index is -0.836. The van der Waals surface area contributed by atoms with Gasteiger partial charge >= 0.3 is 5.97 Å². The highest BCUT2D eigenvalue weighted by molar-refractivity contribution is 8.02. The molecule has 1 aromatic carbocycles. The van der Waals surface area contributed by atoms with Crippen LogP contribution in [-0.4, -0.2) is 82.7 Å². The molecule has 44 heavy (non-hydrogen) atoms. The van der Waals surface area contributed by atoms with E-state index in [2.05, 4.69) is 38.8 Å². The van der Waals surface area contributed by atoms with Gasteiger partial charge in [0.25, 0.3) is 5.91 Å². The van der Waals surface area contributed by atoms with Gasteiger partial charge in [0.2, 0.25) is 5.91 Å². The molecule has 0 aliphatic carbocycles. The fourth-order valence-corrected chi connectivity index (χ4v) is 10.1. The number of aliphatic hydroxyl groups excluding tert-OH is 1. The Bertz CT molecular complexity index is 1200. The van der Waals surface area contributed by atoms with Crippen LogP contribution >= 0.6 is 11.8 Å². The average molecular weight is 626 g/mol. The molecule has 0 aromatic heterocycles. The molecule has 242 valence electrons. The molecular formula is C35H51N3O5S. The Balaban J connectivity index is 1.78. The van der Waals surface area contributed by atoms with E-state index < -0.39 is 28.7 Å². The lowest BCUT2D eigenvalue weighted by Crippen LogP contribution is -2.60. The van der Waals surface area contributed by atoms with Crippen LogP contribution < -0.4 is 9.80 Å². The molecule has 1 aromatic rings. The summed E-state index contributed by atoms with van der Waals surface area (Å²) in [5.41, 5.74) is 1.80. The number of benzene rings is 1. The van der Waals surface area contributed by atoms with E-state index in [9.17, 15) is 19.5 Å². The number of aliphatic hydroxyl groups is 1. The maximum absolute atomic E-state index is 15.0. The van der Waals surface area contributed by atoms with Crippen LogP contribution in [0.25, 0.3) is 0 Å². The number of anilines is 2. The van der Waals surface area contributed by atoms with Crippen molar-refractivity contribution in [3.8, 4) is 0 Å². The summed E-state index contributed by atoms with van der Waals surface area (Å²) >= 11 is 1.63. The van der Waals surface area contributed by atoms with Crippen molar-refractivity contribution in [3.63, 3.8) is 0 Å². The number of amides is 2. The summed E-state index contributed by atoms with van der Waals surface area (Å²) < 4.78 is 4.93. The molecule has 3 aliphatic rings. The predicted octanol–water partition coefficient (Wildman–Crippen LogP) is 5.31. The number of allylic oxidation sites excluding steroid dienone is 1. The molecule has 3 saturated heterocycles. The predicted molar refractivity (Wildman–Crippen MR) is 179 cm³/mol. The van der Waals surface area contributed by atoms with E-state index in [0.717, 1.165) is 43.7 Å². The van der Waals surface area contributed by atoms with Crippen LogP contribution in [0, 0.1) is 23.7 Å². The number of nitrogens with zero attached hydrogens (tertiary/aromatic N) is 3. The van der Waals surface area contributed by atoms with Crippen molar-refractivity contribution in [1.82, 2.24) is 4.90 Å². The molecule has 3 unspecified atom stereocenters. The summed E-state index contributed by atoms with van der Waals surface area (Å²) in [5, 5.41) is 10.6. The third-order valence-corrected chi connectivity index (χ3v) is 12.3. The molecule has 8 atom stereocenters. The van der Waals surface area contributed by atoms with E-state index in [4.69, 9.17) is 4.74 Å². The van der Waals surface area contributed by atoms with E-state index in [1.165, 1.54) is 0 Å². The normalized spacial score (nSPS) is 28.4. The number of likely N-dealkylation sites (tertiary alicyclic amines) is 1. The van der Waals surface area contributed by atoms with E-state index in [1.807, 2.05) is 38.1 Å². The Morgan fingerprint density at radius 1 is 1.16 bits per heavy atom. The summed E-state index contributed by atoms with van der Waals surface area (Å²) in [6.07, 6.45) is 6.38. The van der Waals surface area contributed by atoms with Gasteiger partial charge in [0.05, 0.1) is 35.8 Å². The number of hydrogen-bond donors (Lipinski definition) is 1. The summed E-state index contributed by atoms with van der Waals surface area (Å²) in [7, 11) is 0. The average Bonchev–Trinajstić information content (AvgIpc) is 3.62. The van der Waals surface area contributed by atoms with Gasteiger partial charge in [-0.2, -0.15) is 0 Å². The van der Waals surface area contributed by atoms with Gasteiger partial charge in [0.1, 0.15) is 6.04 Å². The van der Waals surface area contributed by atoms with E-state index in [0.29, 0.717) is 6.42 Å². The van der Waals surface area contributed by atoms with Crippen molar-refractivity contribution in [2.24, 2.45) is 23.7 Å². The number of hydrogen-bond acceptors (Lipinski definition) is 7. The van der Waals surface area contributed by atoms with Gasteiger partial charge in [-0.15, -0.1) is 24.9 Å². The number of carbonyl (C=O) groups excluding carboxylic acids is 3. The van der Waals surface area contributed by atoms with E-state index in [-0.39, 0.29) is 54.6 Å². The van der Waals surface area contributed by atoms with Crippen LogP contribution in [-0.2, 0) is 19.1 Å². The lowest BCUT2D eigenvalue weighted by atomic mass is 9.66. The van der Waals surface area contributed by atoms with Crippen molar-refractivity contribution < 1.29 is 24.2 Å². The zero-order valence-electron chi connectivity index (χ0n) is 27.1. The largest absolute Gasteiger partial charge is 0.465 e. The quantitative estimate of drug-likeness (QED) is 0.151. The Labute approximate surface area is 267 Å². The number of rotatable bonds is 16. The van der Waals surface area contributed by atoms with Gasteiger partial charge in [-0.05, 0) is 69.2 Å². The summed E-state index contributed by atoms with van der Waals surface area (Å²) in [5.74, 6) is -2.10. The fraction of sp³-hybridized carbons (Fsp3) is 0.629. The Kier molecular flexibility index (Phi) is 11.3. The molecule has 3 heterocycles. The van der Waals surface area contributed by atoms with Crippen molar-refractivity contribution in [1.29, 1.82) is 0 Å². The van der Waals surface area contributed by atoms with Crippen molar-refractivity contribution >= 4 is 40.9 Å². The first-order chi connectivity index (χ1) is 21.2. The first-order valence-electron chi connectivity index (χ1n) is 16.3. The third-order valence-electron chi connectivity index (χ3n) is 10.2. The second-order valence-corrected chi connectivity index (χ2v) is 14.0. The maximum atomic E-state index is 15.0. The minimum absolute atomic E-state index is 0.0158. The van der Waals surface area contributed by atoms with Crippen LogP contribution in [0.4, 0.5) is 11.4 Å². The van der Waals surface area contributed by atoms with Crippen LogP contribution in [0.15, 0.2) is 49.6 Å². The van der Waals surface area contributed by atoms with Crippen LogP contribution in [0.3, 0.4) is 0 Å². The highest BCUT2D eigenvalue weighted by Gasteiger charge is 2.77. The zero-order valence-corrected chi connectivity index (χ0v) is 27.9. The zero-order chi connectivity index (χ0) is 32.2. The van der Waals surface area contributed by atoms with Gasteiger partial charge in [-0.25, -0.2) is 0 Å². The summed E-state index contributed by atoms with van der Waals surface area (Å²) in [6, 6.07) is 6.57. The second-order valence-electron chi connectivity index (χ2n) is 12.5. The summed E-state index contributed by atoms with van der Waals surface area (Å²) in [4.78, 5) is 48.9. The molecule has 3 fully saturated rings. The first kappa shape index (κ1) is 34.1. The minimum Gasteiger partial charge on any atom is -0.465 e. The van der Waals surface area contributed by atoms with Gasteiger partial charge in [-0.3, -0.25) is 14.4 Å². The molecule has 0 radical (unpaired) electrons. The SMILES string of the molecule is C=CCCCOC(=O)[C@@H]1[C@H]2C(=O)N([C@@H](CO)[C@@H](C)CC)C(C(=O)N(CC=C)c3ccc(N(CC)CC)cc3)C23S[C@@H]1CC3C. The Hall–Kier alpha value is -2.78. The number of thioether (sulfide) groups is 1. The molecule has 3 aliphatic heterocycles. The van der Waals surface area contributed by atoms with Crippen LogP contribution in [0.1, 0.15) is 60.3 Å². The lowest BCUT2D eigenvalue weighted by Gasteiger charge is -2.43. The van der Waals surface area contributed by atoms with Gasteiger partial charge in [0, 0.05) is 36.3 Å². The summed E-state index contributed by atoms with van der Waals surface area (Å²) in [6.45, 7) is 20.1. The number of fused-ring (bicyclic) bond motifs is 1. The highest BCUT2D eigenvalue weighted by Crippen LogP contribution is 2.69.